The van der Waals surface area contributed by atoms with Crippen LogP contribution in [0.4, 0.5) is 0 Å². The molecule has 6 heteroatoms. The molecule has 2 unspecified atom stereocenters. The van der Waals surface area contributed by atoms with Gasteiger partial charge >= 0.3 is 5.97 Å². The maximum absolute atomic E-state index is 12.4. The lowest BCUT2D eigenvalue weighted by Gasteiger charge is -2.22. The van der Waals surface area contributed by atoms with E-state index >= 15 is 0 Å². The highest BCUT2D eigenvalue weighted by atomic mass is 31.2. The molecule has 0 aliphatic heterocycles. The van der Waals surface area contributed by atoms with Gasteiger partial charge in [-0.1, -0.05) is 51.5 Å². The first-order chi connectivity index (χ1) is 10.4. The highest BCUT2D eigenvalue weighted by Crippen LogP contribution is 2.47. The number of hydrogen-bond acceptors (Lipinski definition) is 3. The largest absolute Gasteiger partial charge is 0.478 e. The molecule has 0 aromatic carbocycles. The second-order valence-corrected chi connectivity index (χ2v) is 8.86. The van der Waals surface area contributed by atoms with E-state index in [0.29, 0.717) is 6.42 Å². The summed E-state index contributed by atoms with van der Waals surface area (Å²) in [6.45, 7) is 2.06. The minimum atomic E-state index is -3.67. The molecule has 1 saturated carbocycles. The van der Waals surface area contributed by atoms with Crippen LogP contribution < -0.4 is 5.73 Å². The first-order valence-corrected chi connectivity index (χ1v) is 10.3. The lowest BCUT2D eigenvalue weighted by atomic mass is 9.88. The number of carbonyl (C=O) groups is 1. The molecule has 0 aromatic heterocycles. The van der Waals surface area contributed by atoms with E-state index in [2.05, 4.69) is 6.92 Å². The molecule has 0 bridgehead atoms. The Morgan fingerprint density at radius 3 is 2.50 bits per heavy atom. The Morgan fingerprint density at radius 2 is 1.95 bits per heavy atom. The number of carboxylic acid groups (broad SMARTS) is 1. The Labute approximate surface area is 133 Å². The van der Waals surface area contributed by atoms with Gasteiger partial charge in [-0.3, -0.25) is 4.57 Å². The number of hydrogen-bond donors (Lipinski definition) is 3. The van der Waals surface area contributed by atoms with Crippen molar-refractivity contribution in [2.75, 3.05) is 6.16 Å². The van der Waals surface area contributed by atoms with Gasteiger partial charge in [-0.25, -0.2) is 4.79 Å². The van der Waals surface area contributed by atoms with E-state index in [1.807, 2.05) is 0 Å². The average Bonchev–Trinajstić information content (AvgIpc) is 2.47. The number of nitrogens with two attached hydrogens (primary N) is 1. The molecule has 0 amide bonds. The van der Waals surface area contributed by atoms with Crippen molar-refractivity contribution in [1.29, 1.82) is 0 Å². The van der Waals surface area contributed by atoms with Crippen LogP contribution in [0.1, 0.15) is 64.7 Å². The summed E-state index contributed by atoms with van der Waals surface area (Å²) in [5.74, 6) is -1.70. The van der Waals surface area contributed by atoms with E-state index in [-0.39, 0.29) is 17.7 Å². The molecule has 4 N–H and O–H groups in total. The Morgan fingerprint density at radius 1 is 1.32 bits per heavy atom. The van der Waals surface area contributed by atoms with E-state index in [1.54, 1.807) is 6.08 Å². The van der Waals surface area contributed by atoms with Crippen LogP contribution in [0.2, 0.25) is 0 Å². The van der Waals surface area contributed by atoms with Crippen LogP contribution in [0.5, 0.6) is 0 Å². The van der Waals surface area contributed by atoms with Crippen molar-refractivity contribution in [2.45, 2.75) is 70.5 Å². The smallest absolute Gasteiger partial charge is 0.331 e. The summed E-state index contributed by atoms with van der Waals surface area (Å²) in [5, 5.41) is 9.32. The van der Waals surface area contributed by atoms with Crippen LogP contribution >= 0.6 is 7.37 Å². The molecule has 5 nitrogen and oxygen atoms in total. The van der Waals surface area contributed by atoms with Gasteiger partial charge < -0.3 is 15.7 Å². The van der Waals surface area contributed by atoms with Gasteiger partial charge in [0, 0.05) is 5.57 Å². The monoisotopic (exact) mass is 331 g/mol. The quantitative estimate of drug-likeness (QED) is 0.340. The number of allylic oxidation sites excluding steroid dienone is 1. The standard InChI is InChI=1S/C16H30NO4P/c1-2-3-5-10-15(17)22(20,21)12-14(16(18)19)11-13-8-6-4-7-9-13/h11,13,15H,2-10,12,17H2,1H3,(H,18,19)(H,20,21)/b14-11+. The Balaban J connectivity index is 2.69. The van der Waals surface area contributed by atoms with E-state index in [4.69, 9.17) is 5.73 Å². The molecule has 0 spiro atoms. The van der Waals surface area contributed by atoms with Gasteiger partial charge in [-0.15, -0.1) is 0 Å². The summed E-state index contributed by atoms with van der Waals surface area (Å²) < 4.78 is 12.4. The predicted octanol–water partition coefficient (Wildman–Crippen LogP) is 3.71. The fourth-order valence-corrected chi connectivity index (χ4v) is 4.49. The molecule has 0 aromatic rings. The highest BCUT2D eigenvalue weighted by Gasteiger charge is 2.31. The Bertz CT molecular complexity index is 430. The van der Waals surface area contributed by atoms with Crippen LogP contribution in [0.15, 0.2) is 11.6 Å². The molecule has 128 valence electrons. The van der Waals surface area contributed by atoms with Crippen molar-refractivity contribution in [2.24, 2.45) is 11.7 Å². The molecule has 0 heterocycles. The summed E-state index contributed by atoms with van der Waals surface area (Å²) >= 11 is 0. The molecular weight excluding hydrogens is 301 g/mol. The fourth-order valence-electron chi connectivity index (χ4n) is 2.94. The van der Waals surface area contributed by atoms with Crippen LogP contribution in [0, 0.1) is 5.92 Å². The number of unbranched alkanes of at least 4 members (excludes halogenated alkanes) is 2. The molecule has 22 heavy (non-hydrogen) atoms. The normalized spacial score (nSPS) is 21.3. The zero-order valence-electron chi connectivity index (χ0n) is 13.5. The van der Waals surface area contributed by atoms with Gasteiger partial charge in [0.2, 0.25) is 7.37 Å². The fraction of sp³-hybridized carbons (Fsp3) is 0.812. The third kappa shape index (κ3) is 6.64. The second-order valence-electron chi connectivity index (χ2n) is 6.37. The van der Waals surface area contributed by atoms with E-state index in [9.17, 15) is 19.4 Å². The van der Waals surface area contributed by atoms with Gasteiger partial charge in [0.15, 0.2) is 0 Å². The van der Waals surface area contributed by atoms with Gasteiger partial charge in [-0.05, 0) is 25.2 Å². The molecule has 0 radical (unpaired) electrons. The summed E-state index contributed by atoms with van der Waals surface area (Å²) in [6.07, 6.45) is 9.96. The molecule has 1 aliphatic rings. The predicted molar refractivity (Wildman–Crippen MR) is 89.1 cm³/mol. The molecule has 0 saturated heterocycles. The van der Waals surface area contributed by atoms with Crippen LogP contribution in [0.25, 0.3) is 0 Å². The van der Waals surface area contributed by atoms with Crippen LogP contribution in [0.3, 0.4) is 0 Å². The van der Waals surface area contributed by atoms with Gasteiger partial charge in [-0.2, -0.15) is 0 Å². The first-order valence-electron chi connectivity index (χ1n) is 8.38. The second kappa shape index (κ2) is 9.49. The molecule has 1 fully saturated rings. The molecule has 1 aliphatic carbocycles. The summed E-state index contributed by atoms with van der Waals surface area (Å²) in [5.41, 5.74) is 5.90. The average molecular weight is 331 g/mol. The molecular formula is C16H30NO4P. The Hall–Kier alpha value is -0.640. The van der Waals surface area contributed by atoms with Crippen molar-refractivity contribution < 1.29 is 19.4 Å². The third-order valence-corrected chi connectivity index (χ3v) is 6.47. The van der Waals surface area contributed by atoms with Crippen molar-refractivity contribution in [3.05, 3.63) is 11.6 Å². The zero-order chi connectivity index (χ0) is 16.6. The van der Waals surface area contributed by atoms with Crippen molar-refractivity contribution in [1.82, 2.24) is 0 Å². The number of rotatable bonds is 9. The lowest BCUT2D eigenvalue weighted by Crippen LogP contribution is -2.23. The van der Waals surface area contributed by atoms with Crippen molar-refractivity contribution in [3.63, 3.8) is 0 Å². The van der Waals surface area contributed by atoms with Crippen molar-refractivity contribution in [3.8, 4) is 0 Å². The summed E-state index contributed by atoms with van der Waals surface area (Å²) in [6, 6.07) is 0. The number of aliphatic carboxylic acids is 1. The number of carboxylic acids is 1. The summed E-state index contributed by atoms with van der Waals surface area (Å²) in [7, 11) is -3.67. The molecule has 2 atom stereocenters. The zero-order valence-corrected chi connectivity index (χ0v) is 14.4. The molecule has 1 rings (SSSR count). The van der Waals surface area contributed by atoms with E-state index < -0.39 is 19.1 Å². The maximum Gasteiger partial charge on any atom is 0.331 e. The lowest BCUT2D eigenvalue weighted by molar-refractivity contribution is -0.132. The van der Waals surface area contributed by atoms with Crippen LogP contribution in [-0.2, 0) is 9.36 Å². The highest BCUT2D eigenvalue weighted by molar-refractivity contribution is 7.59. The van der Waals surface area contributed by atoms with Gasteiger partial charge in [0.05, 0.1) is 11.9 Å². The summed E-state index contributed by atoms with van der Waals surface area (Å²) in [4.78, 5) is 21.6. The van der Waals surface area contributed by atoms with Gasteiger partial charge in [0.1, 0.15) is 0 Å². The Kier molecular flexibility index (Phi) is 8.37. The topological polar surface area (TPSA) is 101 Å². The minimum Gasteiger partial charge on any atom is -0.478 e. The first kappa shape index (κ1) is 19.4. The third-order valence-electron chi connectivity index (χ3n) is 4.38. The van der Waals surface area contributed by atoms with E-state index in [0.717, 1.165) is 44.9 Å². The van der Waals surface area contributed by atoms with E-state index in [1.165, 1.54) is 6.42 Å². The SMILES string of the molecule is CCCCCC(N)P(=O)(O)C/C(=C\C1CCCCC1)C(=O)O. The minimum absolute atomic E-state index is 0.0590. The van der Waals surface area contributed by atoms with Gasteiger partial charge in [0.25, 0.3) is 0 Å². The van der Waals surface area contributed by atoms with Crippen LogP contribution in [-0.4, -0.2) is 27.9 Å². The van der Waals surface area contributed by atoms with Crippen molar-refractivity contribution >= 4 is 13.3 Å². The maximum atomic E-state index is 12.4.